The fourth-order valence-corrected chi connectivity index (χ4v) is 7.23. The molecule has 254 valence electrons. The molecule has 0 spiro atoms. The molecular weight excluding hydrogens is 651 g/mol. The van der Waals surface area contributed by atoms with Gasteiger partial charge in [-0.2, -0.15) is 0 Å². The lowest BCUT2D eigenvalue weighted by Crippen LogP contribution is -2.41. The molecule has 0 N–H and O–H groups in total. The first-order valence-electron chi connectivity index (χ1n) is 18.6. The molecule has 0 aliphatic carbocycles. The molecule has 0 radical (unpaired) electrons. The number of halogens is 1. The van der Waals surface area contributed by atoms with Gasteiger partial charge in [-0.15, -0.1) is 0 Å². The van der Waals surface area contributed by atoms with Crippen LogP contribution < -0.4 is 5.46 Å². The predicted octanol–water partition coefficient (Wildman–Crippen LogP) is 13.0. The first-order chi connectivity index (χ1) is 23.2. The molecule has 0 amide bonds. The molecule has 1 fully saturated rings. The van der Waals surface area contributed by atoms with Gasteiger partial charge in [0.1, 0.15) is 0 Å². The van der Waals surface area contributed by atoms with Crippen molar-refractivity contribution in [3.05, 3.63) is 101 Å². The van der Waals surface area contributed by atoms with E-state index in [1.165, 1.54) is 110 Å². The van der Waals surface area contributed by atoms with Crippen molar-refractivity contribution in [1.29, 1.82) is 0 Å². The van der Waals surface area contributed by atoms with E-state index in [0.29, 0.717) is 0 Å². The molecular formula is C44H56BBrO2. The molecule has 0 aromatic heterocycles. The number of rotatable bonds is 17. The van der Waals surface area contributed by atoms with E-state index in [4.69, 9.17) is 9.31 Å². The van der Waals surface area contributed by atoms with Gasteiger partial charge < -0.3 is 9.31 Å². The van der Waals surface area contributed by atoms with Gasteiger partial charge in [0, 0.05) is 4.47 Å². The van der Waals surface area contributed by atoms with Gasteiger partial charge in [0.05, 0.1) is 11.2 Å². The summed E-state index contributed by atoms with van der Waals surface area (Å²) in [6.07, 6.45) is 17.8. The van der Waals surface area contributed by atoms with E-state index in [1.54, 1.807) is 0 Å². The van der Waals surface area contributed by atoms with Crippen LogP contribution in [0.5, 0.6) is 0 Å². The third kappa shape index (κ3) is 9.52. The second-order valence-corrected chi connectivity index (χ2v) is 15.6. The van der Waals surface area contributed by atoms with Crippen LogP contribution in [0.1, 0.15) is 117 Å². The summed E-state index contributed by atoms with van der Waals surface area (Å²) in [7, 11) is -0.419. The highest BCUT2D eigenvalue weighted by Crippen LogP contribution is 2.38. The standard InChI is InChI=1S/C44H56BBrO2/c1-6-7-8-9-10-11-12-13-14-15-16-17-20-34-23-25-37(26-24-34)40-33-38(31-32-41(40)45-47-43(2,3)44(4,5)48-45)35-27-29-36(30-28-35)39-21-18-19-22-42(39)46/h18-19,21-33H,6-17,20H2,1-5H3. The van der Waals surface area contributed by atoms with Crippen LogP contribution in [0, 0.1) is 0 Å². The van der Waals surface area contributed by atoms with E-state index in [1.807, 2.05) is 0 Å². The molecule has 0 unspecified atom stereocenters. The highest BCUT2D eigenvalue weighted by Gasteiger charge is 2.52. The van der Waals surface area contributed by atoms with E-state index in [2.05, 4.69) is 142 Å². The van der Waals surface area contributed by atoms with Crippen LogP contribution in [-0.4, -0.2) is 18.3 Å². The second kappa shape index (κ2) is 17.3. The SMILES string of the molecule is CCCCCCCCCCCCCCc1ccc(-c2cc(-c3ccc(-c4ccccc4Br)cc3)ccc2B2OC(C)(C)C(C)(C)O2)cc1. The normalized spacial score (nSPS) is 15.2. The molecule has 5 rings (SSSR count). The van der Waals surface area contributed by atoms with Crippen molar-refractivity contribution in [3.8, 4) is 33.4 Å². The summed E-state index contributed by atoms with van der Waals surface area (Å²) in [5.74, 6) is 0. The lowest BCUT2D eigenvalue weighted by atomic mass is 9.73. The highest BCUT2D eigenvalue weighted by atomic mass is 79.9. The Morgan fingerprint density at radius 1 is 0.521 bits per heavy atom. The average Bonchev–Trinajstić information content (AvgIpc) is 3.31. The molecule has 0 atom stereocenters. The van der Waals surface area contributed by atoms with E-state index in [-0.39, 0.29) is 0 Å². The van der Waals surface area contributed by atoms with Crippen molar-refractivity contribution in [2.24, 2.45) is 0 Å². The van der Waals surface area contributed by atoms with Gasteiger partial charge in [0.15, 0.2) is 0 Å². The van der Waals surface area contributed by atoms with Gasteiger partial charge in [-0.05, 0) is 97.1 Å². The minimum Gasteiger partial charge on any atom is -0.399 e. The molecule has 4 aromatic carbocycles. The van der Waals surface area contributed by atoms with Crippen LogP contribution in [-0.2, 0) is 15.7 Å². The highest BCUT2D eigenvalue weighted by molar-refractivity contribution is 9.10. The van der Waals surface area contributed by atoms with Crippen LogP contribution in [0.2, 0.25) is 0 Å². The minimum absolute atomic E-state index is 0.396. The second-order valence-electron chi connectivity index (χ2n) is 14.8. The van der Waals surface area contributed by atoms with Crippen molar-refractivity contribution < 1.29 is 9.31 Å². The summed E-state index contributed by atoms with van der Waals surface area (Å²) < 4.78 is 14.2. The maximum Gasteiger partial charge on any atom is 0.495 e. The maximum absolute atomic E-state index is 6.56. The van der Waals surface area contributed by atoms with Crippen molar-refractivity contribution in [3.63, 3.8) is 0 Å². The molecule has 4 heteroatoms. The van der Waals surface area contributed by atoms with Crippen LogP contribution in [0.25, 0.3) is 33.4 Å². The summed E-state index contributed by atoms with van der Waals surface area (Å²) in [5, 5.41) is 0. The summed E-state index contributed by atoms with van der Waals surface area (Å²) in [6.45, 7) is 10.8. The van der Waals surface area contributed by atoms with E-state index in [9.17, 15) is 0 Å². The van der Waals surface area contributed by atoms with Crippen molar-refractivity contribution in [2.75, 3.05) is 0 Å². The van der Waals surface area contributed by atoms with Gasteiger partial charge in [-0.25, -0.2) is 0 Å². The maximum atomic E-state index is 6.56. The fourth-order valence-electron chi connectivity index (χ4n) is 6.72. The molecule has 0 saturated carbocycles. The lowest BCUT2D eigenvalue weighted by Gasteiger charge is -2.32. The number of unbranched alkanes of at least 4 members (excludes halogenated alkanes) is 11. The monoisotopic (exact) mass is 706 g/mol. The number of benzene rings is 4. The quantitative estimate of drug-likeness (QED) is 0.0803. The van der Waals surface area contributed by atoms with Crippen molar-refractivity contribution in [1.82, 2.24) is 0 Å². The molecule has 1 aliphatic rings. The Kier molecular flexibility index (Phi) is 13.2. The van der Waals surface area contributed by atoms with Crippen molar-refractivity contribution in [2.45, 2.75) is 129 Å². The Morgan fingerprint density at radius 3 is 1.58 bits per heavy atom. The first-order valence-corrected chi connectivity index (χ1v) is 19.4. The summed E-state index contributed by atoms with van der Waals surface area (Å²) in [6, 6.07) is 33.2. The van der Waals surface area contributed by atoms with E-state index < -0.39 is 18.3 Å². The average molecular weight is 708 g/mol. The van der Waals surface area contributed by atoms with Crippen molar-refractivity contribution >= 4 is 28.5 Å². The number of hydrogen-bond acceptors (Lipinski definition) is 2. The zero-order chi connectivity index (χ0) is 34.0. The lowest BCUT2D eigenvalue weighted by molar-refractivity contribution is 0.00578. The molecule has 1 saturated heterocycles. The van der Waals surface area contributed by atoms with Gasteiger partial charge in [0.2, 0.25) is 0 Å². The third-order valence-electron chi connectivity index (χ3n) is 10.5. The van der Waals surface area contributed by atoms with E-state index >= 15 is 0 Å². The molecule has 4 aromatic rings. The summed E-state index contributed by atoms with van der Waals surface area (Å²) in [5.41, 5.74) is 8.84. The Bertz CT molecular complexity index is 1560. The molecule has 0 bridgehead atoms. The zero-order valence-electron chi connectivity index (χ0n) is 30.1. The number of aryl methyl sites for hydroxylation is 1. The van der Waals surface area contributed by atoms with E-state index in [0.717, 1.165) is 21.9 Å². The van der Waals surface area contributed by atoms with Gasteiger partial charge >= 0.3 is 7.12 Å². The fraction of sp³-hybridized carbons (Fsp3) is 0.455. The Labute approximate surface area is 300 Å². The molecule has 1 aliphatic heterocycles. The smallest absolute Gasteiger partial charge is 0.399 e. The van der Waals surface area contributed by atoms with Crippen LogP contribution in [0.3, 0.4) is 0 Å². The number of hydrogen-bond donors (Lipinski definition) is 0. The predicted molar refractivity (Wildman–Crippen MR) is 211 cm³/mol. The summed E-state index contributed by atoms with van der Waals surface area (Å²) >= 11 is 3.71. The molecule has 1 heterocycles. The van der Waals surface area contributed by atoms with Crippen LogP contribution in [0.15, 0.2) is 95.5 Å². The molecule has 48 heavy (non-hydrogen) atoms. The summed E-state index contributed by atoms with van der Waals surface area (Å²) in [4.78, 5) is 0. The zero-order valence-corrected chi connectivity index (χ0v) is 31.7. The topological polar surface area (TPSA) is 18.5 Å². The Morgan fingerprint density at radius 2 is 1.00 bits per heavy atom. The Hall–Kier alpha value is -2.66. The molecule has 2 nitrogen and oxygen atoms in total. The Balaban J connectivity index is 1.25. The third-order valence-corrected chi connectivity index (χ3v) is 11.2. The largest absolute Gasteiger partial charge is 0.495 e. The van der Waals surface area contributed by atoms with Gasteiger partial charge in [0.25, 0.3) is 0 Å². The van der Waals surface area contributed by atoms with Gasteiger partial charge in [-0.3, -0.25) is 0 Å². The van der Waals surface area contributed by atoms with Crippen LogP contribution in [0.4, 0.5) is 0 Å². The van der Waals surface area contributed by atoms with Gasteiger partial charge in [-0.1, -0.05) is 172 Å². The first kappa shape index (κ1) is 36.6. The minimum atomic E-state index is -0.419. The van der Waals surface area contributed by atoms with Crippen LogP contribution >= 0.6 is 15.9 Å².